The zero-order valence-corrected chi connectivity index (χ0v) is 14.3. The van der Waals surface area contributed by atoms with Gasteiger partial charge >= 0.3 is 0 Å². The van der Waals surface area contributed by atoms with Crippen molar-refractivity contribution in [2.24, 2.45) is 5.10 Å². The summed E-state index contributed by atoms with van der Waals surface area (Å²) in [6, 6.07) is 5.74. The molecule has 0 amide bonds. The van der Waals surface area contributed by atoms with Crippen molar-refractivity contribution >= 4 is 28.9 Å². The van der Waals surface area contributed by atoms with E-state index < -0.39 is 0 Å². The van der Waals surface area contributed by atoms with Crippen LogP contribution in [-0.4, -0.2) is 56.9 Å². The van der Waals surface area contributed by atoms with Crippen LogP contribution < -0.4 is 10.3 Å². The second-order valence-electron chi connectivity index (χ2n) is 5.37. The van der Waals surface area contributed by atoms with Crippen molar-refractivity contribution in [3.05, 3.63) is 48.7 Å². The standard InChI is InChI=1S/C16H19N7S/c1-13(14-4-2-3-5-18-14)20-21-16(24)23-10-8-22(9-11-23)15-12-17-6-7-19-15/h2-7,12H,8-11H2,1H3,(H,21,24)/b20-13+. The van der Waals surface area contributed by atoms with Crippen LogP contribution in [0.3, 0.4) is 0 Å². The van der Waals surface area contributed by atoms with Crippen molar-refractivity contribution < 1.29 is 0 Å². The topological polar surface area (TPSA) is 69.5 Å². The van der Waals surface area contributed by atoms with E-state index in [4.69, 9.17) is 12.2 Å². The van der Waals surface area contributed by atoms with E-state index in [-0.39, 0.29) is 0 Å². The van der Waals surface area contributed by atoms with Crippen molar-refractivity contribution in [2.45, 2.75) is 6.92 Å². The Morgan fingerprint density at radius 1 is 1.12 bits per heavy atom. The van der Waals surface area contributed by atoms with Gasteiger partial charge in [-0.3, -0.25) is 15.4 Å². The molecule has 124 valence electrons. The van der Waals surface area contributed by atoms with E-state index in [1.165, 1.54) is 0 Å². The normalized spacial score (nSPS) is 15.3. The molecule has 0 aromatic carbocycles. The minimum Gasteiger partial charge on any atom is -0.352 e. The molecule has 0 spiro atoms. The van der Waals surface area contributed by atoms with Gasteiger partial charge in [-0.1, -0.05) is 6.07 Å². The smallest absolute Gasteiger partial charge is 0.189 e. The number of nitrogens with one attached hydrogen (secondary N) is 1. The molecule has 0 aliphatic carbocycles. The van der Waals surface area contributed by atoms with Gasteiger partial charge in [0.15, 0.2) is 5.11 Å². The number of nitrogens with zero attached hydrogens (tertiary/aromatic N) is 6. The van der Waals surface area contributed by atoms with Crippen molar-refractivity contribution in [1.82, 2.24) is 25.3 Å². The number of aromatic nitrogens is 3. The van der Waals surface area contributed by atoms with Crippen LogP contribution in [0.15, 0.2) is 48.1 Å². The summed E-state index contributed by atoms with van der Waals surface area (Å²) in [5.41, 5.74) is 4.60. The molecule has 8 heteroatoms. The fourth-order valence-electron chi connectivity index (χ4n) is 2.43. The Labute approximate surface area is 146 Å². The molecule has 0 bridgehead atoms. The first-order valence-corrected chi connectivity index (χ1v) is 8.16. The third-order valence-corrected chi connectivity index (χ3v) is 4.14. The summed E-state index contributed by atoms with van der Waals surface area (Å²) in [6.45, 7) is 5.25. The quantitative estimate of drug-likeness (QED) is 0.512. The minimum absolute atomic E-state index is 0.629. The number of anilines is 1. The molecular formula is C16H19N7S. The highest BCUT2D eigenvalue weighted by Crippen LogP contribution is 2.11. The van der Waals surface area contributed by atoms with Crippen LogP contribution in [0.25, 0.3) is 0 Å². The van der Waals surface area contributed by atoms with E-state index in [2.05, 4.69) is 35.3 Å². The first-order valence-electron chi connectivity index (χ1n) is 7.75. The highest BCUT2D eigenvalue weighted by atomic mass is 32.1. The van der Waals surface area contributed by atoms with Gasteiger partial charge in [0.2, 0.25) is 0 Å². The molecule has 0 atom stereocenters. The molecule has 1 N–H and O–H groups in total. The molecule has 1 saturated heterocycles. The Kier molecular flexibility index (Phi) is 5.27. The fourth-order valence-corrected chi connectivity index (χ4v) is 2.66. The average molecular weight is 341 g/mol. The molecule has 0 saturated carbocycles. The van der Waals surface area contributed by atoms with Crippen molar-refractivity contribution in [1.29, 1.82) is 0 Å². The minimum atomic E-state index is 0.629. The maximum Gasteiger partial charge on any atom is 0.189 e. The summed E-state index contributed by atoms with van der Waals surface area (Å²) in [7, 11) is 0. The van der Waals surface area contributed by atoms with E-state index in [1.807, 2.05) is 25.1 Å². The SMILES string of the molecule is C/C(=N\NC(=S)N1CCN(c2cnccn2)CC1)c1ccccn1. The highest BCUT2D eigenvalue weighted by molar-refractivity contribution is 7.80. The Morgan fingerprint density at radius 3 is 2.62 bits per heavy atom. The first kappa shape index (κ1) is 16.3. The van der Waals surface area contributed by atoms with Crippen LogP contribution in [0.4, 0.5) is 5.82 Å². The van der Waals surface area contributed by atoms with Crippen LogP contribution in [0.1, 0.15) is 12.6 Å². The summed E-state index contributed by atoms with van der Waals surface area (Å²) < 4.78 is 0. The Bertz CT molecular complexity index is 697. The molecule has 3 heterocycles. The lowest BCUT2D eigenvalue weighted by Crippen LogP contribution is -2.51. The van der Waals surface area contributed by atoms with Crippen molar-refractivity contribution in [3.63, 3.8) is 0 Å². The van der Waals surface area contributed by atoms with Crippen LogP contribution in [-0.2, 0) is 0 Å². The van der Waals surface area contributed by atoms with E-state index in [9.17, 15) is 0 Å². The lowest BCUT2D eigenvalue weighted by atomic mass is 10.3. The zero-order valence-electron chi connectivity index (χ0n) is 13.5. The first-order chi connectivity index (χ1) is 11.7. The van der Waals surface area contributed by atoms with Crippen LogP contribution in [0.5, 0.6) is 0 Å². The number of hydrogen-bond donors (Lipinski definition) is 1. The van der Waals surface area contributed by atoms with E-state index in [1.54, 1.807) is 24.8 Å². The second kappa shape index (κ2) is 7.78. The van der Waals surface area contributed by atoms with Crippen molar-refractivity contribution in [3.8, 4) is 0 Å². The van der Waals surface area contributed by atoms with Gasteiger partial charge in [0, 0.05) is 44.8 Å². The predicted molar refractivity (Wildman–Crippen MR) is 98.0 cm³/mol. The number of hydrogen-bond acceptors (Lipinski definition) is 6. The van der Waals surface area contributed by atoms with Gasteiger partial charge in [-0.15, -0.1) is 0 Å². The Hall–Kier alpha value is -2.61. The summed E-state index contributed by atoms with van der Waals surface area (Å²) in [5.74, 6) is 0.903. The van der Waals surface area contributed by atoms with Crippen LogP contribution in [0, 0.1) is 0 Å². The van der Waals surface area contributed by atoms with E-state index >= 15 is 0 Å². The predicted octanol–water partition coefficient (Wildman–Crippen LogP) is 1.29. The molecule has 1 aliphatic rings. The number of thiocarbonyl (C=S) groups is 1. The van der Waals surface area contributed by atoms with E-state index in [0.717, 1.165) is 43.4 Å². The number of pyridine rings is 1. The van der Waals surface area contributed by atoms with Gasteiger partial charge in [-0.25, -0.2) is 4.98 Å². The van der Waals surface area contributed by atoms with Gasteiger partial charge in [0.1, 0.15) is 5.82 Å². The molecule has 24 heavy (non-hydrogen) atoms. The molecule has 3 rings (SSSR count). The molecule has 2 aromatic heterocycles. The van der Waals surface area contributed by atoms with Crippen LogP contribution >= 0.6 is 12.2 Å². The largest absolute Gasteiger partial charge is 0.352 e. The molecule has 0 unspecified atom stereocenters. The van der Waals surface area contributed by atoms with Gasteiger partial charge < -0.3 is 9.80 Å². The monoisotopic (exact) mass is 341 g/mol. The maximum atomic E-state index is 5.44. The lowest BCUT2D eigenvalue weighted by Gasteiger charge is -2.36. The third-order valence-electron chi connectivity index (χ3n) is 3.80. The Balaban J connectivity index is 1.52. The molecule has 1 aliphatic heterocycles. The van der Waals surface area contributed by atoms with Gasteiger partial charge in [0.05, 0.1) is 17.6 Å². The third kappa shape index (κ3) is 4.02. The number of piperazine rings is 1. The highest BCUT2D eigenvalue weighted by Gasteiger charge is 2.19. The lowest BCUT2D eigenvalue weighted by molar-refractivity contribution is 0.380. The summed E-state index contributed by atoms with van der Waals surface area (Å²) in [4.78, 5) is 17.0. The second-order valence-corrected chi connectivity index (χ2v) is 5.75. The van der Waals surface area contributed by atoms with Gasteiger partial charge in [0.25, 0.3) is 0 Å². The summed E-state index contributed by atoms with van der Waals surface area (Å²) >= 11 is 5.44. The average Bonchev–Trinajstić information content (AvgIpc) is 2.67. The van der Waals surface area contributed by atoms with Gasteiger partial charge in [-0.05, 0) is 31.3 Å². The zero-order chi connectivity index (χ0) is 16.8. The Morgan fingerprint density at radius 2 is 1.96 bits per heavy atom. The molecular weight excluding hydrogens is 322 g/mol. The van der Waals surface area contributed by atoms with Crippen molar-refractivity contribution in [2.75, 3.05) is 31.1 Å². The summed E-state index contributed by atoms with van der Waals surface area (Å²) in [6.07, 6.45) is 6.93. The van der Waals surface area contributed by atoms with E-state index in [0.29, 0.717) is 5.11 Å². The van der Waals surface area contributed by atoms with Gasteiger partial charge in [-0.2, -0.15) is 5.10 Å². The number of rotatable bonds is 3. The fraction of sp³-hybridized carbons (Fsp3) is 0.312. The molecule has 7 nitrogen and oxygen atoms in total. The maximum absolute atomic E-state index is 5.44. The number of hydrazone groups is 1. The summed E-state index contributed by atoms with van der Waals surface area (Å²) in [5, 5.41) is 4.96. The molecule has 1 fully saturated rings. The molecule has 2 aromatic rings. The van der Waals surface area contributed by atoms with Crippen LogP contribution in [0.2, 0.25) is 0 Å². The molecule has 0 radical (unpaired) electrons.